The normalized spacial score (nSPS) is 17.2. The minimum atomic E-state index is -0.917. The summed E-state index contributed by atoms with van der Waals surface area (Å²) < 4.78 is 16.1. The molecular weight excluding hydrogens is 422 g/mol. The van der Waals surface area contributed by atoms with E-state index < -0.39 is 17.7 Å². The van der Waals surface area contributed by atoms with E-state index in [4.69, 9.17) is 14.2 Å². The number of hydrogen-bond donors (Lipinski definition) is 1. The highest BCUT2D eigenvalue weighted by molar-refractivity contribution is 6.51. The first-order chi connectivity index (χ1) is 16.0. The third-order valence-electron chi connectivity index (χ3n) is 5.58. The Morgan fingerprint density at radius 2 is 1.45 bits per heavy atom. The first-order valence-corrected chi connectivity index (χ1v) is 10.2. The summed E-state index contributed by atoms with van der Waals surface area (Å²) in [6.45, 7) is 0. The van der Waals surface area contributed by atoms with Crippen LogP contribution in [0, 0.1) is 0 Å². The lowest BCUT2D eigenvalue weighted by Crippen LogP contribution is -2.29. The summed E-state index contributed by atoms with van der Waals surface area (Å²) in [6, 6.07) is 19.6. The highest BCUT2D eigenvalue weighted by Crippen LogP contribution is 2.45. The molecule has 1 amide bonds. The van der Waals surface area contributed by atoms with Gasteiger partial charge in [0.05, 0.1) is 32.9 Å². The van der Waals surface area contributed by atoms with Crippen molar-refractivity contribution in [1.82, 2.24) is 0 Å². The third kappa shape index (κ3) is 3.89. The van der Waals surface area contributed by atoms with Crippen molar-refractivity contribution >= 4 is 23.1 Å². The van der Waals surface area contributed by atoms with E-state index >= 15 is 0 Å². The van der Waals surface area contributed by atoms with Gasteiger partial charge in [0.1, 0.15) is 23.0 Å². The third-order valence-corrected chi connectivity index (χ3v) is 5.58. The van der Waals surface area contributed by atoms with Crippen LogP contribution in [0.25, 0.3) is 5.76 Å². The molecule has 1 saturated heterocycles. The Hall–Kier alpha value is -4.26. The van der Waals surface area contributed by atoms with Crippen molar-refractivity contribution in [2.45, 2.75) is 6.04 Å². The van der Waals surface area contributed by atoms with Gasteiger partial charge >= 0.3 is 0 Å². The van der Waals surface area contributed by atoms with Crippen molar-refractivity contribution in [3.05, 3.63) is 89.5 Å². The van der Waals surface area contributed by atoms with Crippen LogP contribution in [-0.4, -0.2) is 38.1 Å². The van der Waals surface area contributed by atoms with Gasteiger partial charge in [0.15, 0.2) is 0 Å². The Bertz CT molecular complexity index is 1220. The Balaban J connectivity index is 1.97. The molecule has 1 N–H and O–H groups in total. The van der Waals surface area contributed by atoms with Gasteiger partial charge in [-0.3, -0.25) is 14.5 Å². The van der Waals surface area contributed by atoms with E-state index in [0.29, 0.717) is 34.1 Å². The molecule has 7 heteroatoms. The number of carbonyl (C=O) groups excluding carboxylic acids is 2. The van der Waals surface area contributed by atoms with Gasteiger partial charge in [-0.2, -0.15) is 0 Å². The monoisotopic (exact) mass is 445 g/mol. The number of ether oxygens (including phenoxy) is 3. The van der Waals surface area contributed by atoms with Crippen molar-refractivity contribution < 1.29 is 28.9 Å². The first-order valence-electron chi connectivity index (χ1n) is 10.2. The fraction of sp³-hybridized carbons (Fsp3) is 0.154. The molecule has 3 aromatic carbocycles. The van der Waals surface area contributed by atoms with Crippen molar-refractivity contribution in [1.29, 1.82) is 0 Å². The summed E-state index contributed by atoms with van der Waals surface area (Å²) in [6.07, 6.45) is 0. The number of Topliss-reactive ketones (excluding diaryl/α,β-unsaturated/α-hetero) is 1. The van der Waals surface area contributed by atoms with Crippen LogP contribution in [0.4, 0.5) is 5.69 Å². The van der Waals surface area contributed by atoms with Crippen LogP contribution in [0.1, 0.15) is 17.2 Å². The van der Waals surface area contributed by atoms with Crippen LogP contribution < -0.4 is 19.1 Å². The number of methoxy groups -OCH3 is 3. The number of ketones is 1. The maximum atomic E-state index is 13.2. The number of carbonyl (C=O) groups is 2. The molecule has 33 heavy (non-hydrogen) atoms. The molecule has 1 atom stereocenters. The molecule has 0 radical (unpaired) electrons. The van der Waals surface area contributed by atoms with Gasteiger partial charge in [0, 0.05) is 22.9 Å². The number of hydrogen-bond acceptors (Lipinski definition) is 6. The van der Waals surface area contributed by atoms with Crippen LogP contribution >= 0.6 is 0 Å². The topological polar surface area (TPSA) is 85.3 Å². The SMILES string of the molecule is COc1ccc(N2C(=O)C(=O)/C(=C(/O)c3ccccc3)[C@H]2c2ccc(OC)cc2OC)cc1. The fourth-order valence-electron chi connectivity index (χ4n) is 3.93. The zero-order valence-corrected chi connectivity index (χ0v) is 18.4. The fourth-order valence-corrected chi connectivity index (χ4v) is 3.93. The lowest BCUT2D eigenvalue weighted by Gasteiger charge is -2.27. The van der Waals surface area contributed by atoms with Gasteiger partial charge in [-0.15, -0.1) is 0 Å². The summed E-state index contributed by atoms with van der Waals surface area (Å²) in [4.78, 5) is 27.8. The van der Waals surface area contributed by atoms with E-state index in [9.17, 15) is 14.7 Å². The highest BCUT2D eigenvalue weighted by atomic mass is 16.5. The van der Waals surface area contributed by atoms with Gasteiger partial charge in [0.25, 0.3) is 11.7 Å². The van der Waals surface area contributed by atoms with Crippen molar-refractivity contribution in [3.63, 3.8) is 0 Å². The number of nitrogens with zero attached hydrogens (tertiary/aromatic N) is 1. The van der Waals surface area contributed by atoms with Crippen molar-refractivity contribution in [2.75, 3.05) is 26.2 Å². The number of anilines is 1. The largest absolute Gasteiger partial charge is 0.507 e. The molecule has 3 aromatic rings. The van der Waals surface area contributed by atoms with Crippen molar-refractivity contribution in [3.8, 4) is 17.2 Å². The lowest BCUT2D eigenvalue weighted by atomic mass is 9.94. The predicted molar refractivity (Wildman–Crippen MR) is 124 cm³/mol. The average Bonchev–Trinajstić information content (AvgIpc) is 3.13. The minimum Gasteiger partial charge on any atom is -0.507 e. The summed E-state index contributed by atoms with van der Waals surface area (Å²) in [5, 5.41) is 11.1. The molecule has 7 nitrogen and oxygen atoms in total. The molecule has 1 fully saturated rings. The number of aliphatic hydroxyl groups is 1. The summed E-state index contributed by atoms with van der Waals surface area (Å²) >= 11 is 0. The Kier molecular flexibility index (Phi) is 6.04. The first kappa shape index (κ1) is 22.0. The molecule has 0 aromatic heterocycles. The van der Waals surface area contributed by atoms with Gasteiger partial charge in [-0.1, -0.05) is 30.3 Å². The quantitative estimate of drug-likeness (QED) is 0.345. The molecule has 1 aliphatic heterocycles. The zero-order chi connectivity index (χ0) is 23.5. The van der Waals surface area contributed by atoms with Gasteiger partial charge in [0.2, 0.25) is 0 Å². The lowest BCUT2D eigenvalue weighted by molar-refractivity contribution is -0.132. The maximum Gasteiger partial charge on any atom is 0.300 e. The van der Waals surface area contributed by atoms with E-state index in [0.717, 1.165) is 0 Å². The number of amides is 1. The second-order valence-electron chi connectivity index (χ2n) is 7.34. The smallest absolute Gasteiger partial charge is 0.300 e. The number of benzene rings is 3. The zero-order valence-electron chi connectivity index (χ0n) is 18.4. The molecule has 0 spiro atoms. The summed E-state index contributed by atoms with van der Waals surface area (Å²) in [7, 11) is 4.58. The van der Waals surface area contributed by atoms with Gasteiger partial charge in [-0.05, 0) is 36.4 Å². The number of aliphatic hydroxyl groups excluding tert-OH is 1. The van der Waals surface area contributed by atoms with E-state index in [1.54, 1.807) is 79.9 Å². The van der Waals surface area contributed by atoms with E-state index in [-0.39, 0.29) is 11.3 Å². The minimum absolute atomic E-state index is 0.0227. The number of rotatable bonds is 6. The molecule has 1 aliphatic rings. The van der Waals surface area contributed by atoms with Crippen LogP contribution in [-0.2, 0) is 9.59 Å². The van der Waals surface area contributed by atoms with Crippen LogP contribution in [0.15, 0.2) is 78.4 Å². The summed E-state index contributed by atoms with van der Waals surface area (Å²) in [5.74, 6) is -0.208. The van der Waals surface area contributed by atoms with Crippen molar-refractivity contribution in [2.24, 2.45) is 0 Å². The Morgan fingerprint density at radius 1 is 0.818 bits per heavy atom. The van der Waals surface area contributed by atoms with E-state index in [1.807, 2.05) is 0 Å². The molecule has 168 valence electrons. The van der Waals surface area contributed by atoms with E-state index in [2.05, 4.69) is 0 Å². The Labute approximate surface area is 191 Å². The molecule has 0 unspecified atom stereocenters. The predicted octanol–water partition coefficient (Wildman–Crippen LogP) is 4.34. The van der Waals surface area contributed by atoms with Gasteiger partial charge in [-0.25, -0.2) is 0 Å². The van der Waals surface area contributed by atoms with Crippen LogP contribution in [0.2, 0.25) is 0 Å². The molecule has 0 saturated carbocycles. The molecule has 4 rings (SSSR count). The second kappa shape index (κ2) is 9.08. The summed E-state index contributed by atoms with van der Waals surface area (Å²) in [5.41, 5.74) is 1.42. The van der Waals surface area contributed by atoms with Gasteiger partial charge < -0.3 is 19.3 Å². The van der Waals surface area contributed by atoms with Crippen LogP contribution in [0.3, 0.4) is 0 Å². The Morgan fingerprint density at radius 3 is 2.06 bits per heavy atom. The highest BCUT2D eigenvalue weighted by Gasteiger charge is 2.48. The maximum absolute atomic E-state index is 13.2. The molecule has 0 aliphatic carbocycles. The average molecular weight is 445 g/mol. The standard InChI is InChI=1S/C26H23NO6/c1-31-18-11-9-17(10-12-18)27-23(20-14-13-19(32-2)15-21(20)33-3)22(25(29)26(27)30)24(28)16-7-5-4-6-8-16/h4-15,23,28H,1-3H3/b24-22+/t23-/m1/s1. The molecule has 1 heterocycles. The second-order valence-corrected chi connectivity index (χ2v) is 7.34. The van der Waals surface area contributed by atoms with Crippen LogP contribution in [0.5, 0.6) is 17.2 Å². The van der Waals surface area contributed by atoms with E-state index in [1.165, 1.54) is 19.1 Å². The molecule has 0 bridgehead atoms. The molecular formula is C26H23NO6.